The van der Waals surface area contributed by atoms with E-state index in [0.29, 0.717) is 35.1 Å². The van der Waals surface area contributed by atoms with Crippen molar-refractivity contribution in [2.24, 2.45) is 0 Å². The molecule has 1 atom stereocenters. The smallest absolute Gasteiger partial charge is 0.273 e. The van der Waals surface area contributed by atoms with Crippen LogP contribution in [-0.4, -0.2) is 46.5 Å². The molecule has 4 rings (SSSR count). The van der Waals surface area contributed by atoms with Crippen LogP contribution in [0.15, 0.2) is 38.5 Å². The quantitative estimate of drug-likeness (QED) is 0.420. The Hall–Kier alpha value is -2.32. The number of aryl methyl sites for hydroxylation is 1. The Kier molecular flexibility index (Phi) is 6.74. The molecule has 0 spiro atoms. The topological polar surface area (TPSA) is 84.4 Å². The number of thioether (sulfide) groups is 1. The molecule has 3 aromatic rings. The fourth-order valence-corrected chi connectivity index (χ4v) is 4.48. The second-order valence-corrected chi connectivity index (χ2v) is 8.73. The largest absolute Gasteiger partial charge is 0.447 e. The summed E-state index contributed by atoms with van der Waals surface area (Å²) in [6.45, 7) is 7.12. The first-order valence-corrected chi connectivity index (χ1v) is 11.5. The standard InChI is InChI=1S/C22H28N4O3S/c1-15-7-5-9-18-20(15)25-22(29-18)30-14-19-24-17(13-28-19)21(27)23-10-6-12-26-11-4-3-8-16(26)2/h5,7,9,13,16H,3-4,6,8,10-12,14H2,1-2H3,(H,23,27). The number of para-hydroxylation sites is 1. The number of benzene rings is 1. The number of oxazole rings is 2. The lowest BCUT2D eigenvalue weighted by atomic mass is 10.0. The highest BCUT2D eigenvalue weighted by atomic mass is 32.2. The van der Waals surface area contributed by atoms with Crippen LogP contribution in [-0.2, 0) is 5.75 Å². The Bertz CT molecular complexity index is 999. The van der Waals surface area contributed by atoms with Crippen molar-refractivity contribution in [2.75, 3.05) is 19.6 Å². The number of nitrogens with zero attached hydrogens (tertiary/aromatic N) is 3. The molecule has 1 unspecified atom stereocenters. The lowest BCUT2D eigenvalue weighted by Crippen LogP contribution is -2.39. The number of carbonyl (C=O) groups excluding carboxylic acids is 1. The van der Waals surface area contributed by atoms with Crippen LogP contribution in [0, 0.1) is 6.92 Å². The monoisotopic (exact) mass is 428 g/mol. The minimum atomic E-state index is -0.195. The number of likely N-dealkylation sites (tertiary alicyclic amines) is 1. The van der Waals surface area contributed by atoms with Gasteiger partial charge in [0.25, 0.3) is 11.1 Å². The molecule has 8 heteroatoms. The van der Waals surface area contributed by atoms with E-state index in [1.54, 1.807) is 0 Å². The Labute approximate surface area is 180 Å². The maximum absolute atomic E-state index is 12.3. The molecule has 1 amide bonds. The molecule has 160 valence electrons. The number of amides is 1. The molecular formula is C22H28N4O3S. The minimum absolute atomic E-state index is 0.195. The Morgan fingerprint density at radius 3 is 3.07 bits per heavy atom. The molecule has 2 aromatic heterocycles. The number of hydrogen-bond acceptors (Lipinski definition) is 7. The number of piperidine rings is 1. The lowest BCUT2D eigenvalue weighted by Gasteiger charge is -2.33. The summed E-state index contributed by atoms with van der Waals surface area (Å²) in [6.07, 6.45) is 6.23. The predicted octanol–water partition coefficient (Wildman–Crippen LogP) is 4.41. The average molecular weight is 429 g/mol. The summed E-state index contributed by atoms with van der Waals surface area (Å²) in [5.74, 6) is 0.733. The zero-order valence-electron chi connectivity index (χ0n) is 17.5. The first-order chi connectivity index (χ1) is 14.6. The Morgan fingerprint density at radius 1 is 1.33 bits per heavy atom. The Balaban J connectivity index is 1.23. The van der Waals surface area contributed by atoms with Crippen LogP contribution < -0.4 is 5.32 Å². The summed E-state index contributed by atoms with van der Waals surface area (Å²) >= 11 is 1.40. The first-order valence-electron chi connectivity index (χ1n) is 10.6. The minimum Gasteiger partial charge on any atom is -0.447 e. The number of nitrogens with one attached hydrogen (secondary N) is 1. The fourth-order valence-electron chi connectivity index (χ4n) is 3.80. The molecule has 1 saturated heterocycles. The van der Waals surface area contributed by atoms with E-state index in [1.165, 1.54) is 43.8 Å². The van der Waals surface area contributed by atoms with E-state index in [-0.39, 0.29) is 5.91 Å². The second-order valence-electron chi connectivity index (χ2n) is 7.81. The molecule has 1 aliphatic heterocycles. The van der Waals surface area contributed by atoms with E-state index >= 15 is 0 Å². The van der Waals surface area contributed by atoms with Crippen LogP contribution in [0.5, 0.6) is 0 Å². The van der Waals surface area contributed by atoms with Gasteiger partial charge < -0.3 is 19.1 Å². The highest BCUT2D eigenvalue weighted by Gasteiger charge is 2.18. The molecule has 1 N–H and O–H groups in total. The van der Waals surface area contributed by atoms with Gasteiger partial charge in [-0.2, -0.15) is 0 Å². The summed E-state index contributed by atoms with van der Waals surface area (Å²) in [6, 6.07) is 6.50. The number of aromatic nitrogens is 2. The summed E-state index contributed by atoms with van der Waals surface area (Å²) in [7, 11) is 0. The van der Waals surface area contributed by atoms with E-state index in [2.05, 4.69) is 27.1 Å². The van der Waals surface area contributed by atoms with Crippen molar-refractivity contribution in [3.05, 3.63) is 41.6 Å². The van der Waals surface area contributed by atoms with Crippen LogP contribution in [0.4, 0.5) is 0 Å². The molecule has 1 fully saturated rings. The van der Waals surface area contributed by atoms with Gasteiger partial charge in [0.1, 0.15) is 11.8 Å². The number of carbonyl (C=O) groups is 1. The van der Waals surface area contributed by atoms with E-state index in [1.807, 2.05) is 25.1 Å². The average Bonchev–Trinajstić information content (AvgIpc) is 3.38. The van der Waals surface area contributed by atoms with E-state index in [4.69, 9.17) is 8.83 Å². The van der Waals surface area contributed by atoms with Gasteiger partial charge in [-0.15, -0.1) is 0 Å². The third kappa shape index (κ3) is 5.05. The summed E-state index contributed by atoms with van der Waals surface area (Å²) < 4.78 is 11.2. The van der Waals surface area contributed by atoms with Crippen molar-refractivity contribution in [3.63, 3.8) is 0 Å². The van der Waals surface area contributed by atoms with Gasteiger partial charge in [-0.25, -0.2) is 9.97 Å². The highest BCUT2D eigenvalue weighted by Crippen LogP contribution is 2.27. The summed E-state index contributed by atoms with van der Waals surface area (Å²) in [4.78, 5) is 23.6. The van der Waals surface area contributed by atoms with Crippen molar-refractivity contribution in [1.82, 2.24) is 20.2 Å². The van der Waals surface area contributed by atoms with E-state index in [9.17, 15) is 4.79 Å². The van der Waals surface area contributed by atoms with Crippen molar-refractivity contribution in [1.29, 1.82) is 0 Å². The molecule has 0 radical (unpaired) electrons. The van der Waals surface area contributed by atoms with E-state index in [0.717, 1.165) is 29.6 Å². The molecule has 0 aliphatic carbocycles. The van der Waals surface area contributed by atoms with Gasteiger partial charge in [-0.3, -0.25) is 4.79 Å². The lowest BCUT2D eigenvalue weighted by molar-refractivity contribution is 0.0944. The molecule has 1 aromatic carbocycles. The zero-order chi connectivity index (χ0) is 20.9. The van der Waals surface area contributed by atoms with Gasteiger partial charge in [0, 0.05) is 19.1 Å². The predicted molar refractivity (Wildman–Crippen MR) is 117 cm³/mol. The van der Waals surface area contributed by atoms with Crippen molar-refractivity contribution in [2.45, 2.75) is 56.5 Å². The fraction of sp³-hybridized carbons (Fsp3) is 0.500. The third-order valence-corrected chi connectivity index (χ3v) is 6.37. The van der Waals surface area contributed by atoms with Gasteiger partial charge in [0.15, 0.2) is 11.3 Å². The molecule has 0 saturated carbocycles. The van der Waals surface area contributed by atoms with Gasteiger partial charge in [0.2, 0.25) is 5.89 Å². The maximum atomic E-state index is 12.3. The van der Waals surface area contributed by atoms with Crippen LogP contribution in [0.2, 0.25) is 0 Å². The molecular weight excluding hydrogens is 400 g/mol. The SMILES string of the molecule is Cc1cccc2oc(SCc3nc(C(=O)NCCCN4CCCCC4C)co3)nc12. The molecule has 7 nitrogen and oxygen atoms in total. The van der Waals surface area contributed by atoms with Crippen molar-refractivity contribution < 1.29 is 13.6 Å². The van der Waals surface area contributed by atoms with Gasteiger partial charge >= 0.3 is 0 Å². The highest BCUT2D eigenvalue weighted by molar-refractivity contribution is 7.98. The van der Waals surface area contributed by atoms with Crippen molar-refractivity contribution >= 4 is 28.8 Å². The van der Waals surface area contributed by atoms with Gasteiger partial charge in [0.05, 0.1) is 5.75 Å². The number of hydrogen-bond donors (Lipinski definition) is 1. The first kappa shape index (κ1) is 20.9. The van der Waals surface area contributed by atoms with Crippen LogP contribution in [0.25, 0.3) is 11.1 Å². The van der Waals surface area contributed by atoms with E-state index < -0.39 is 0 Å². The van der Waals surface area contributed by atoms with Crippen molar-refractivity contribution in [3.8, 4) is 0 Å². The summed E-state index contributed by atoms with van der Waals surface area (Å²) in [5.41, 5.74) is 3.02. The zero-order valence-corrected chi connectivity index (χ0v) is 18.3. The summed E-state index contributed by atoms with van der Waals surface area (Å²) in [5, 5.41) is 3.50. The van der Waals surface area contributed by atoms with Gasteiger partial charge in [-0.1, -0.05) is 30.3 Å². The van der Waals surface area contributed by atoms with Crippen LogP contribution >= 0.6 is 11.8 Å². The third-order valence-electron chi connectivity index (χ3n) is 5.55. The van der Waals surface area contributed by atoms with Crippen LogP contribution in [0.3, 0.4) is 0 Å². The van der Waals surface area contributed by atoms with Crippen LogP contribution in [0.1, 0.15) is 54.5 Å². The molecule has 30 heavy (non-hydrogen) atoms. The molecule has 1 aliphatic rings. The van der Waals surface area contributed by atoms with Gasteiger partial charge in [-0.05, 0) is 51.3 Å². The Morgan fingerprint density at radius 2 is 2.23 bits per heavy atom. The number of rotatable bonds is 8. The molecule has 0 bridgehead atoms. The number of fused-ring (bicyclic) bond motifs is 1. The normalized spacial score (nSPS) is 17.5. The maximum Gasteiger partial charge on any atom is 0.273 e. The second kappa shape index (κ2) is 9.66. The molecule has 3 heterocycles.